The number of hydrogen-bond acceptors (Lipinski definition) is 5. The van der Waals surface area contributed by atoms with Crippen molar-refractivity contribution in [2.75, 3.05) is 18.4 Å². The van der Waals surface area contributed by atoms with Gasteiger partial charge in [-0.2, -0.15) is 0 Å². The van der Waals surface area contributed by atoms with Gasteiger partial charge in [-0.15, -0.1) is 10.2 Å². The van der Waals surface area contributed by atoms with Crippen LogP contribution < -0.4 is 11.1 Å². The van der Waals surface area contributed by atoms with Crippen molar-refractivity contribution in [3.05, 3.63) is 24.3 Å². The summed E-state index contributed by atoms with van der Waals surface area (Å²) >= 11 is 0. The summed E-state index contributed by atoms with van der Waals surface area (Å²) < 4.78 is 0. The van der Waals surface area contributed by atoms with Crippen molar-refractivity contribution in [1.29, 1.82) is 0 Å². The van der Waals surface area contributed by atoms with Gasteiger partial charge in [0.1, 0.15) is 5.52 Å². The number of hydrogen-bond donors (Lipinski definition) is 2. The van der Waals surface area contributed by atoms with Gasteiger partial charge in [0, 0.05) is 6.54 Å². The minimum Gasteiger partial charge on any atom is -0.353 e. The van der Waals surface area contributed by atoms with Crippen molar-refractivity contribution in [2.45, 2.75) is 25.7 Å². The van der Waals surface area contributed by atoms with Crippen LogP contribution in [0.15, 0.2) is 24.3 Å². The zero-order chi connectivity index (χ0) is 12.6. The third kappa shape index (κ3) is 3.63. The van der Waals surface area contributed by atoms with E-state index in [4.69, 9.17) is 5.73 Å². The number of nitrogens with two attached hydrogens (primary N) is 1. The van der Waals surface area contributed by atoms with Gasteiger partial charge < -0.3 is 11.1 Å². The Hall–Kier alpha value is -1.75. The first kappa shape index (κ1) is 12.7. The molecule has 0 amide bonds. The van der Waals surface area contributed by atoms with E-state index in [0.29, 0.717) is 5.95 Å². The predicted octanol–water partition coefficient (Wildman–Crippen LogP) is 1.96. The smallest absolute Gasteiger partial charge is 0.243 e. The van der Waals surface area contributed by atoms with Gasteiger partial charge in [-0.25, -0.2) is 4.98 Å². The number of nitrogens with one attached hydrogen (secondary N) is 1. The van der Waals surface area contributed by atoms with Crippen LogP contribution in [-0.4, -0.2) is 28.3 Å². The molecule has 0 bridgehead atoms. The molecule has 1 heterocycles. The van der Waals surface area contributed by atoms with Crippen LogP contribution in [0.3, 0.4) is 0 Å². The van der Waals surface area contributed by atoms with Crippen molar-refractivity contribution in [3.8, 4) is 0 Å². The highest BCUT2D eigenvalue weighted by Gasteiger charge is 1.99. The first-order valence-electron chi connectivity index (χ1n) is 6.43. The van der Waals surface area contributed by atoms with Crippen LogP contribution in [0.1, 0.15) is 25.7 Å². The summed E-state index contributed by atoms with van der Waals surface area (Å²) in [5.41, 5.74) is 7.14. The fourth-order valence-corrected chi connectivity index (χ4v) is 1.78. The zero-order valence-electron chi connectivity index (χ0n) is 10.5. The molecule has 5 nitrogen and oxygen atoms in total. The molecule has 1 aromatic heterocycles. The molecule has 5 heteroatoms. The Bertz CT molecular complexity index is 486. The Morgan fingerprint density at radius 2 is 1.72 bits per heavy atom. The molecule has 0 unspecified atom stereocenters. The standard InChI is InChI=1S/C13H19N5/c14-9-5-1-2-6-10-15-13-16-11-7-3-4-8-12(11)17-18-13/h3-4,7-8H,1-2,5-6,9-10,14H2,(H,15,16,18). The van der Waals surface area contributed by atoms with Gasteiger partial charge in [-0.1, -0.05) is 25.0 Å². The molecule has 0 saturated heterocycles. The Morgan fingerprint density at radius 1 is 0.944 bits per heavy atom. The maximum absolute atomic E-state index is 5.44. The first-order valence-corrected chi connectivity index (χ1v) is 6.43. The van der Waals surface area contributed by atoms with Gasteiger partial charge in [-0.3, -0.25) is 0 Å². The molecule has 0 saturated carbocycles. The molecule has 0 spiro atoms. The molecule has 0 atom stereocenters. The Morgan fingerprint density at radius 3 is 2.56 bits per heavy atom. The van der Waals surface area contributed by atoms with E-state index in [1.54, 1.807) is 0 Å². The van der Waals surface area contributed by atoms with Crippen LogP contribution in [0.4, 0.5) is 5.95 Å². The number of benzene rings is 1. The molecule has 0 radical (unpaired) electrons. The number of nitrogens with zero attached hydrogens (tertiary/aromatic N) is 3. The van der Waals surface area contributed by atoms with Gasteiger partial charge in [0.05, 0.1) is 5.52 Å². The molecule has 3 N–H and O–H groups in total. The Labute approximate surface area is 107 Å². The molecule has 18 heavy (non-hydrogen) atoms. The minimum atomic E-state index is 0.604. The molecule has 0 aliphatic rings. The summed E-state index contributed by atoms with van der Waals surface area (Å²) in [4.78, 5) is 4.40. The summed E-state index contributed by atoms with van der Waals surface area (Å²) in [6.45, 7) is 1.66. The SMILES string of the molecule is NCCCCCCNc1nnc2ccccc2n1. The zero-order valence-corrected chi connectivity index (χ0v) is 10.5. The van der Waals surface area contributed by atoms with E-state index in [2.05, 4.69) is 20.5 Å². The van der Waals surface area contributed by atoms with Crippen molar-refractivity contribution in [3.63, 3.8) is 0 Å². The number of unbranched alkanes of at least 4 members (excludes halogenated alkanes) is 3. The van der Waals surface area contributed by atoms with Gasteiger partial charge >= 0.3 is 0 Å². The molecule has 1 aromatic carbocycles. The maximum Gasteiger partial charge on any atom is 0.243 e. The predicted molar refractivity (Wildman–Crippen MR) is 73.3 cm³/mol. The molecular formula is C13H19N5. The van der Waals surface area contributed by atoms with E-state index < -0.39 is 0 Å². The van der Waals surface area contributed by atoms with Gasteiger partial charge in [0.15, 0.2) is 0 Å². The van der Waals surface area contributed by atoms with Crippen molar-refractivity contribution in [1.82, 2.24) is 15.2 Å². The molecule has 2 rings (SSSR count). The van der Waals surface area contributed by atoms with Crippen molar-refractivity contribution >= 4 is 17.0 Å². The van der Waals surface area contributed by atoms with Crippen LogP contribution in [0, 0.1) is 0 Å². The lowest BCUT2D eigenvalue weighted by molar-refractivity contribution is 0.660. The molecule has 2 aromatic rings. The maximum atomic E-state index is 5.44. The second-order valence-corrected chi connectivity index (χ2v) is 4.25. The van der Waals surface area contributed by atoms with Crippen molar-refractivity contribution < 1.29 is 0 Å². The Kier molecular flexibility index (Phi) is 4.84. The third-order valence-corrected chi connectivity index (χ3v) is 2.77. The van der Waals surface area contributed by atoms with E-state index in [0.717, 1.165) is 37.0 Å². The summed E-state index contributed by atoms with van der Waals surface area (Å²) in [6, 6.07) is 7.74. The number of aromatic nitrogens is 3. The Balaban J connectivity index is 1.81. The lowest BCUT2D eigenvalue weighted by Crippen LogP contribution is -2.07. The topological polar surface area (TPSA) is 76.7 Å². The molecule has 96 valence electrons. The van der Waals surface area contributed by atoms with Gasteiger partial charge in [0.25, 0.3) is 0 Å². The van der Waals surface area contributed by atoms with Crippen LogP contribution in [0.5, 0.6) is 0 Å². The largest absolute Gasteiger partial charge is 0.353 e. The molecule has 0 aliphatic carbocycles. The molecular weight excluding hydrogens is 226 g/mol. The van der Waals surface area contributed by atoms with Gasteiger partial charge in [0.2, 0.25) is 5.95 Å². The van der Waals surface area contributed by atoms with E-state index >= 15 is 0 Å². The number of para-hydroxylation sites is 1. The molecule has 0 aliphatic heterocycles. The van der Waals surface area contributed by atoms with Crippen molar-refractivity contribution in [2.24, 2.45) is 5.73 Å². The second-order valence-electron chi connectivity index (χ2n) is 4.25. The van der Waals surface area contributed by atoms with E-state index in [1.807, 2.05) is 24.3 Å². The minimum absolute atomic E-state index is 0.604. The van der Waals surface area contributed by atoms with Crippen LogP contribution >= 0.6 is 0 Å². The lowest BCUT2D eigenvalue weighted by atomic mass is 10.2. The quantitative estimate of drug-likeness (QED) is 0.729. The highest BCUT2D eigenvalue weighted by Crippen LogP contribution is 2.09. The van der Waals surface area contributed by atoms with Crippen LogP contribution in [0.2, 0.25) is 0 Å². The summed E-state index contributed by atoms with van der Waals surface area (Å²) in [5, 5.41) is 11.4. The van der Waals surface area contributed by atoms with Crippen LogP contribution in [0.25, 0.3) is 11.0 Å². The first-order chi connectivity index (χ1) is 8.90. The normalized spacial score (nSPS) is 10.7. The fourth-order valence-electron chi connectivity index (χ4n) is 1.78. The van der Waals surface area contributed by atoms with E-state index in [9.17, 15) is 0 Å². The van der Waals surface area contributed by atoms with E-state index in [1.165, 1.54) is 12.8 Å². The highest BCUT2D eigenvalue weighted by molar-refractivity contribution is 5.73. The number of anilines is 1. The monoisotopic (exact) mass is 245 g/mol. The number of fused-ring (bicyclic) bond motifs is 1. The lowest BCUT2D eigenvalue weighted by Gasteiger charge is -2.04. The highest BCUT2D eigenvalue weighted by atomic mass is 15.2. The number of rotatable bonds is 7. The third-order valence-electron chi connectivity index (χ3n) is 2.77. The van der Waals surface area contributed by atoms with E-state index in [-0.39, 0.29) is 0 Å². The fraction of sp³-hybridized carbons (Fsp3) is 0.462. The average Bonchev–Trinajstić information content (AvgIpc) is 2.42. The summed E-state index contributed by atoms with van der Waals surface area (Å²) in [5.74, 6) is 0.604. The van der Waals surface area contributed by atoms with Gasteiger partial charge in [-0.05, 0) is 31.5 Å². The van der Waals surface area contributed by atoms with Crippen LogP contribution in [-0.2, 0) is 0 Å². The summed E-state index contributed by atoms with van der Waals surface area (Å²) in [6.07, 6.45) is 4.59. The molecule has 0 fully saturated rings. The summed E-state index contributed by atoms with van der Waals surface area (Å²) in [7, 11) is 0. The second kappa shape index (κ2) is 6.86. The average molecular weight is 245 g/mol.